The predicted octanol–water partition coefficient (Wildman–Crippen LogP) is 7.05. The van der Waals surface area contributed by atoms with Crippen molar-refractivity contribution in [3.05, 3.63) is 162 Å². The molecule has 49 nitrogen and oxygen atoms in total. The molecule has 0 aliphatic carbocycles. The van der Waals surface area contributed by atoms with Gasteiger partial charge in [-0.25, -0.2) is 0 Å². The first-order chi connectivity index (χ1) is 58.2. The van der Waals surface area contributed by atoms with Crippen LogP contribution in [0.15, 0.2) is 124 Å². The van der Waals surface area contributed by atoms with Crippen LogP contribution in [0.25, 0.3) is 73.1 Å². The highest BCUT2D eigenvalue weighted by Crippen LogP contribution is 2.44. The van der Waals surface area contributed by atoms with E-state index in [0.717, 1.165) is 0 Å². The summed E-state index contributed by atoms with van der Waals surface area (Å²) in [6.07, 6.45) is -39.9. The fourth-order valence-electron chi connectivity index (χ4n) is 15.4. The van der Waals surface area contributed by atoms with Crippen molar-refractivity contribution in [2.45, 2.75) is 215 Å². The lowest BCUT2D eigenvalue weighted by Crippen LogP contribution is -2.69. The third kappa shape index (κ3) is 24.4. The molecule has 0 N–H and O–H groups in total. The van der Waals surface area contributed by atoms with Crippen LogP contribution in [-0.2, 0) is 133 Å². The Balaban J connectivity index is 1.37. The highest BCUT2D eigenvalue weighted by atomic mass is 16.8. The summed E-state index contributed by atoms with van der Waals surface area (Å²) in [6, 6.07) is 0. The summed E-state index contributed by atoms with van der Waals surface area (Å²) in [5.41, 5.74) is 70.4. The zero-order valence-electron chi connectivity index (χ0n) is 66.9. The zero-order valence-corrected chi connectivity index (χ0v) is 66.9. The molecule has 0 amide bonds. The molecule has 35 atom stereocenters. The van der Waals surface area contributed by atoms with Gasteiger partial charge in [-0.1, -0.05) is 78.3 Å². The SMILES string of the molecule is C=CCO[C@@H]1[C@H]2O[C@H]3[C@H](OC)[C@@H](OCC=C)[C@@H](O[C@H]4[C@H](OC)[C@@H](OCC=C)[C@@H](O[C@H]5[C@H](OC)[C@@H](OCC=C)[C@@H](O[C@H]6[C@H](OC)[C@@H](OCC=C)[C@@H](O[C@H]7[C@@H](OC)[C@@H](OCC=C)[C@@H](O[C@H]8[C@H](OC)[C@H](OCC=C)[C@@H](O[C@@H]([C@@H]1OC)[C@@H](CN=[N+]=[N-])O2)O[C@@H]8CN=[N+]=[N-])O[C@@H]7CN=[N+]=[N-])O[C@H]6CN=[N+]=[N-])O[C@H]5CN=[N+]=[N-])O[C@H]4CN=[N+]=[N-])O[C@@H]3CN=[N+]=[N-]. The molecule has 0 aromatic rings. The third-order valence-electron chi connectivity index (χ3n) is 20.2. The van der Waals surface area contributed by atoms with E-state index >= 15 is 0 Å². The molecule has 0 aromatic carbocycles. The van der Waals surface area contributed by atoms with Gasteiger partial charge in [-0.2, -0.15) is 0 Å². The predicted molar refractivity (Wildman–Crippen MR) is 408 cm³/mol. The van der Waals surface area contributed by atoms with Gasteiger partial charge in [0.25, 0.3) is 0 Å². The van der Waals surface area contributed by atoms with Gasteiger partial charge in [0.2, 0.25) is 0 Å². The highest BCUT2D eigenvalue weighted by molar-refractivity contribution is 5.07. The Labute approximate surface area is 684 Å². The summed E-state index contributed by atoms with van der Waals surface area (Å²) < 4.78 is 188. The molecule has 0 aromatic heterocycles. The first kappa shape index (κ1) is 96.7. The molecule has 0 unspecified atom stereocenters. The topological polar surface area (TPSA) is 600 Å². The van der Waals surface area contributed by atoms with Gasteiger partial charge < -0.3 is 133 Å². The summed E-state index contributed by atoms with van der Waals surface area (Å²) in [6.45, 7) is 22.3. The molecule has 15 rings (SSSR count). The normalized spacial score (nSPS) is 39.0. The molecule has 119 heavy (non-hydrogen) atoms. The van der Waals surface area contributed by atoms with E-state index in [1.807, 2.05) is 0 Å². The van der Waals surface area contributed by atoms with Gasteiger partial charge in [-0.3, -0.25) is 0 Å². The highest BCUT2D eigenvalue weighted by Gasteiger charge is 2.62. The molecular weight excluding hydrogens is 1580 g/mol. The van der Waals surface area contributed by atoms with Crippen molar-refractivity contribution < 1.29 is 133 Å². The van der Waals surface area contributed by atoms with Crippen LogP contribution in [-0.4, -0.2) is 357 Å². The van der Waals surface area contributed by atoms with Gasteiger partial charge in [0.15, 0.2) is 44.0 Å². The third-order valence-corrected chi connectivity index (χ3v) is 20.2. The first-order valence-electron chi connectivity index (χ1n) is 37.7. The summed E-state index contributed by atoms with van der Waals surface area (Å²) in [5.74, 6) is 0. The van der Waals surface area contributed by atoms with E-state index in [9.17, 15) is 38.7 Å². The Kier molecular flexibility index (Phi) is 41.6. The number of fused-ring (bicyclic) bond motifs is 7. The lowest BCUT2D eigenvalue weighted by molar-refractivity contribution is -0.398. The number of ether oxygens (including phenoxy) is 28. The summed E-state index contributed by atoms with van der Waals surface area (Å²) >= 11 is 0. The van der Waals surface area contributed by atoms with Crippen molar-refractivity contribution in [2.24, 2.45) is 35.8 Å². The van der Waals surface area contributed by atoms with E-state index in [4.69, 9.17) is 133 Å². The maximum absolute atomic E-state index is 10.1. The minimum absolute atomic E-state index is 0.194. The lowest BCUT2D eigenvalue weighted by Gasteiger charge is -2.52. The van der Waals surface area contributed by atoms with E-state index in [1.54, 1.807) is 0 Å². The molecule has 0 radical (unpaired) electrons. The Morgan fingerprint density at radius 1 is 0.210 bits per heavy atom. The van der Waals surface area contributed by atoms with Gasteiger partial charge in [0.05, 0.1) is 135 Å². The van der Waals surface area contributed by atoms with Crippen LogP contribution in [0.1, 0.15) is 0 Å². The summed E-state index contributed by atoms with van der Waals surface area (Å²) in [4.78, 5) is 21.4. The smallest absolute Gasteiger partial charge is 0.187 e. The second-order valence-corrected chi connectivity index (χ2v) is 26.9. The average molecular weight is 1690 g/mol. The average Bonchev–Trinajstić information content (AvgIpc) is 0.794. The summed E-state index contributed by atoms with van der Waals surface area (Å²) in [7, 11) is 9.36. The molecular formula is C70H105N21O28. The number of azide groups is 7. The van der Waals surface area contributed by atoms with Crippen molar-refractivity contribution in [2.75, 3.05) is 142 Å². The largest absolute Gasteiger partial charge is 0.376 e. The number of methoxy groups -OCH3 is 7. The van der Waals surface area contributed by atoms with E-state index < -0.39 is 261 Å². The van der Waals surface area contributed by atoms with Crippen LogP contribution in [0.3, 0.4) is 0 Å². The number of hydrogen-bond donors (Lipinski definition) is 0. The molecule has 15 aliphatic rings. The Hall–Kier alpha value is -7.77. The van der Waals surface area contributed by atoms with Gasteiger partial charge in [-0.05, 0) is 38.7 Å². The van der Waals surface area contributed by atoms with Crippen molar-refractivity contribution >= 4 is 0 Å². The standard InChI is InChI=1S/C70H105N21O28/c1-15-22-99-57-50(92-8)43-36(29-78-85-71)106-64(57)113-44-37(30-79-86-72)107-66(58(51(44)93-9)100-23-16-2)115-46-39(32-81-88-74)109-68(60(53(46)95-11)102-25-18-4)117-48-41(34-83-90-76)111-70(62(55(48)97-13)104-27-20-6)119-49-42(35-84-91-77)112-69(63(56(49)98-14)105-28-21-7)118-47-40(33-82-89-75)110-67(61(54(47)96-12)103-26-19-5)116-45-38(31-80-87-73)108-65(114-43)59(52(45)94-10)101-24-17-3/h15-21,36-70H,1-7,22-35H2,8-14H3/t36-,37-,38-,39-,40+,41+,42+,43-,44-,45-,46-,47-,48-,49-,50+,51+,52-,53+,54+,55+,56+,57+,58+,59-,60-,61-,62-,63-,64-,65-,66-,67-,68-,69-,70-/m1/s1. The van der Waals surface area contributed by atoms with Crippen molar-refractivity contribution in [1.82, 2.24) is 0 Å². The fraction of sp³-hybridized carbons (Fsp3) is 0.800. The van der Waals surface area contributed by atoms with Crippen LogP contribution in [0, 0.1) is 0 Å². The van der Waals surface area contributed by atoms with Crippen LogP contribution in [0.4, 0.5) is 0 Å². The van der Waals surface area contributed by atoms with Crippen LogP contribution >= 0.6 is 0 Å². The quantitative estimate of drug-likeness (QED) is 0.0256. The second kappa shape index (κ2) is 51.2. The number of rotatable bonds is 42. The van der Waals surface area contributed by atoms with Gasteiger partial charge in [-0.15, -0.1) is 46.1 Å². The second-order valence-electron chi connectivity index (χ2n) is 26.9. The molecule has 15 fully saturated rings. The molecule has 658 valence electrons. The Morgan fingerprint density at radius 3 is 0.420 bits per heavy atom. The van der Waals surface area contributed by atoms with E-state index in [1.165, 1.54) is 92.3 Å². The van der Waals surface area contributed by atoms with Crippen LogP contribution < -0.4 is 0 Å². The van der Waals surface area contributed by atoms with E-state index in [-0.39, 0.29) is 46.2 Å². The monoisotopic (exact) mass is 1690 g/mol. The molecule has 15 saturated heterocycles. The zero-order chi connectivity index (χ0) is 85.8. The molecule has 14 bridgehead atoms. The van der Waals surface area contributed by atoms with Crippen LogP contribution in [0.5, 0.6) is 0 Å². The molecule has 15 aliphatic heterocycles. The van der Waals surface area contributed by atoms with Gasteiger partial charge in [0, 0.05) is 84.2 Å². The Bertz CT molecular complexity index is 2950. The fourth-order valence-corrected chi connectivity index (χ4v) is 15.4. The van der Waals surface area contributed by atoms with Gasteiger partial charge in [0.1, 0.15) is 128 Å². The molecule has 15 heterocycles. The van der Waals surface area contributed by atoms with E-state index in [0.29, 0.717) is 0 Å². The van der Waals surface area contributed by atoms with Gasteiger partial charge >= 0.3 is 0 Å². The maximum atomic E-state index is 10.1. The number of nitrogens with zero attached hydrogens (tertiary/aromatic N) is 21. The summed E-state index contributed by atoms with van der Waals surface area (Å²) in [5, 5.41) is 27.5. The molecule has 0 saturated carbocycles. The lowest BCUT2D eigenvalue weighted by atomic mass is 9.94. The Morgan fingerprint density at radius 2 is 0.328 bits per heavy atom. The van der Waals surface area contributed by atoms with Crippen molar-refractivity contribution in [3.63, 3.8) is 0 Å². The van der Waals surface area contributed by atoms with Crippen molar-refractivity contribution in [3.8, 4) is 0 Å². The van der Waals surface area contributed by atoms with E-state index in [2.05, 4.69) is 116 Å². The first-order valence-corrected chi connectivity index (χ1v) is 37.7. The number of hydrogen-bond acceptors (Lipinski definition) is 35. The molecule has 0 spiro atoms. The van der Waals surface area contributed by atoms with Crippen molar-refractivity contribution in [1.29, 1.82) is 0 Å². The van der Waals surface area contributed by atoms with Crippen LogP contribution in [0.2, 0.25) is 0 Å². The maximum Gasteiger partial charge on any atom is 0.187 e. The molecule has 49 heteroatoms. The minimum atomic E-state index is -1.61. The minimum Gasteiger partial charge on any atom is -0.376 e.